The molecule has 162 valence electrons. The van der Waals surface area contributed by atoms with Crippen LogP contribution in [-0.4, -0.2) is 54.1 Å². The highest BCUT2D eigenvalue weighted by molar-refractivity contribution is 5.94. The molecule has 2 aromatic carbocycles. The molecule has 1 saturated heterocycles. The molecule has 0 bridgehead atoms. The van der Waals surface area contributed by atoms with Crippen molar-refractivity contribution in [2.45, 2.75) is 39.2 Å². The smallest absolute Gasteiger partial charge is 0.0726 e. The Bertz CT molecular complexity index is 1020. The zero-order valence-electron chi connectivity index (χ0n) is 18.7. The maximum atomic E-state index is 5.00. The van der Waals surface area contributed by atoms with Crippen LogP contribution in [0.4, 0.5) is 5.69 Å². The molecule has 1 aliphatic heterocycles. The molecule has 1 aromatic heterocycles. The summed E-state index contributed by atoms with van der Waals surface area (Å²) in [4.78, 5) is 10.2. The second-order valence-corrected chi connectivity index (χ2v) is 9.17. The number of piperazine rings is 1. The molecule has 4 nitrogen and oxygen atoms in total. The lowest BCUT2D eigenvalue weighted by Crippen LogP contribution is -2.47. The van der Waals surface area contributed by atoms with Gasteiger partial charge >= 0.3 is 0 Å². The van der Waals surface area contributed by atoms with E-state index >= 15 is 0 Å². The van der Waals surface area contributed by atoms with Gasteiger partial charge in [-0.05, 0) is 55.9 Å². The van der Waals surface area contributed by atoms with Crippen LogP contribution in [0.2, 0.25) is 0 Å². The Balaban J connectivity index is 1.21. The van der Waals surface area contributed by atoms with E-state index in [1.807, 2.05) is 0 Å². The van der Waals surface area contributed by atoms with Crippen molar-refractivity contribution in [1.29, 1.82) is 0 Å². The molecule has 0 radical (unpaired) electrons. The summed E-state index contributed by atoms with van der Waals surface area (Å²) in [5, 5.41) is 5.15. The first-order chi connectivity index (χ1) is 15.3. The molecule has 3 aromatic rings. The SMILES string of the molecule is Cc1ccc2nc3c(c(NCCN4CCN(Cc5ccccc5)CC4)c2c1)CCCC3. The minimum atomic E-state index is 0.998. The van der Waals surface area contributed by atoms with Crippen LogP contribution in [0.5, 0.6) is 0 Å². The standard InChI is InChI=1S/C27H34N4/c1-21-11-12-26-24(19-21)27(23-9-5-6-10-25(23)29-26)28-13-14-30-15-17-31(18-16-30)20-22-7-3-2-4-8-22/h2-4,7-8,11-12,19H,5-6,9-10,13-18,20H2,1H3,(H,28,29). The van der Waals surface area contributed by atoms with E-state index in [0.29, 0.717) is 0 Å². The molecule has 5 rings (SSSR count). The fourth-order valence-corrected chi connectivity index (χ4v) is 5.09. The molecule has 0 unspecified atom stereocenters. The van der Waals surface area contributed by atoms with E-state index in [-0.39, 0.29) is 0 Å². The normalized spacial score (nSPS) is 17.6. The number of nitrogens with one attached hydrogen (secondary N) is 1. The maximum absolute atomic E-state index is 5.00. The summed E-state index contributed by atoms with van der Waals surface area (Å²) in [6.07, 6.45) is 4.83. The zero-order chi connectivity index (χ0) is 21.0. The van der Waals surface area contributed by atoms with Gasteiger partial charge in [-0.2, -0.15) is 0 Å². The zero-order valence-corrected chi connectivity index (χ0v) is 18.7. The van der Waals surface area contributed by atoms with Gasteiger partial charge in [0.2, 0.25) is 0 Å². The van der Waals surface area contributed by atoms with Crippen LogP contribution >= 0.6 is 0 Å². The van der Waals surface area contributed by atoms with Gasteiger partial charge in [-0.15, -0.1) is 0 Å². The summed E-state index contributed by atoms with van der Waals surface area (Å²) in [6, 6.07) is 17.5. The lowest BCUT2D eigenvalue weighted by molar-refractivity contribution is 0.130. The summed E-state index contributed by atoms with van der Waals surface area (Å²) < 4.78 is 0. The average Bonchev–Trinajstić information content (AvgIpc) is 2.81. The highest BCUT2D eigenvalue weighted by atomic mass is 15.3. The van der Waals surface area contributed by atoms with Crippen LogP contribution in [0, 0.1) is 6.92 Å². The highest BCUT2D eigenvalue weighted by Gasteiger charge is 2.20. The van der Waals surface area contributed by atoms with E-state index in [0.717, 1.165) is 64.2 Å². The van der Waals surface area contributed by atoms with Gasteiger partial charge in [0.25, 0.3) is 0 Å². The summed E-state index contributed by atoms with van der Waals surface area (Å²) in [6.45, 7) is 9.97. The second-order valence-electron chi connectivity index (χ2n) is 9.17. The number of hydrogen-bond donors (Lipinski definition) is 1. The number of pyridine rings is 1. The lowest BCUT2D eigenvalue weighted by atomic mass is 9.92. The predicted molar refractivity (Wildman–Crippen MR) is 130 cm³/mol. The molecule has 1 N–H and O–H groups in total. The molecule has 1 fully saturated rings. The van der Waals surface area contributed by atoms with E-state index in [1.54, 1.807) is 0 Å². The molecule has 2 aliphatic rings. The number of fused-ring (bicyclic) bond motifs is 2. The summed E-state index contributed by atoms with van der Waals surface area (Å²) in [7, 11) is 0. The molecule has 31 heavy (non-hydrogen) atoms. The summed E-state index contributed by atoms with van der Waals surface area (Å²) in [5.74, 6) is 0. The molecule has 4 heteroatoms. The number of rotatable bonds is 6. The highest BCUT2D eigenvalue weighted by Crippen LogP contribution is 2.33. The van der Waals surface area contributed by atoms with E-state index in [2.05, 4.69) is 70.6 Å². The second kappa shape index (κ2) is 9.37. The van der Waals surface area contributed by atoms with Gasteiger partial charge in [-0.3, -0.25) is 14.8 Å². The van der Waals surface area contributed by atoms with Crippen LogP contribution in [0.15, 0.2) is 48.5 Å². The predicted octanol–water partition coefficient (Wildman–Crippen LogP) is 4.65. The van der Waals surface area contributed by atoms with E-state index in [4.69, 9.17) is 4.98 Å². The monoisotopic (exact) mass is 414 g/mol. The molecular formula is C27H34N4. The van der Waals surface area contributed by atoms with Crippen LogP contribution in [-0.2, 0) is 19.4 Å². The minimum absolute atomic E-state index is 0.998. The van der Waals surface area contributed by atoms with Crippen molar-refractivity contribution in [3.63, 3.8) is 0 Å². The van der Waals surface area contributed by atoms with Gasteiger partial charge in [0.15, 0.2) is 0 Å². The third-order valence-electron chi connectivity index (χ3n) is 6.86. The number of anilines is 1. The molecule has 1 aliphatic carbocycles. The summed E-state index contributed by atoms with van der Waals surface area (Å²) in [5.41, 5.74) is 8.01. The van der Waals surface area contributed by atoms with Crippen LogP contribution in [0.1, 0.15) is 35.2 Å². The van der Waals surface area contributed by atoms with Gasteiger partial charge < -0.3 is 5.32 Å². The maximum Gasteiger partial charge on any atom is 0.0726 e. The van der Waals surface area contributed by atoms with Crippen molar-refractivity contribution < 1.29 is 0 Å². The Hall–Kier alpha value is -2.43. The van der Waals surface area contributed by atoms with Crippen molar-refractivity contribution >= 4 is 16.6 Å². The number of nitrogens with zero attached hydrogens (tertiary/aromatic N) is 3. The number of benzene rings is 2. The van der Waals surface area contributed by atoms with E-state index in [9.17, 15) is 0 Å². The first kappa shape index (κ1) is 20.5. The Kier molecular flexibility index (Phi) is 6.19. The molecule has 0 spiro atoms. The molecule has 0 amide bonds. The molecule has 2 heterocycles. The van der Waals surface area contributed by atoms with Crippen molar-refractivity contribution in [2.24, 2.45) is 0 Å². The topological polar surface area (TPSA) is 31.4 Å². The van der Waals surface area contributed by atoms with Gasteiger partial charge in [-0.1, -0.05) is 42.0 Å². The third kappa shape index (κ3) is 4.76. The fraction of sp³-hybridized carbons (Fsp3) is 0.444. The van der Waals surface area contributed by atoms with Gasteiger partial charge in [-0.25, -0.2) is 0 Å². The van der Waals surface area contributed by atoms with Crippen LogP contribution in [0.25, 0.3) is 10.9 Å². The van der Waals surface area contributed by atoms with E-state index in [1.165, 1.54) is 46.3 Å². The number of aryl methyl sites for hydroxylation is 2. The Morgan fingerprint density at radius 3 is 2.52 bits per heavy atom. The number of hydrogen-bond acceptors (Lipinski definition) is 4. The molecular weight excluding hydrogens is 380 g/mol. The summed E-state index contributed by atoms with van der Waals surface area (Å²) >= 11 is 0. The Morgan fingerprint density at radius 1 is 0.903 bits per heavy atom. The quantitative estimate of drug-likeness (QED) is 0.636. The fourth-order valence-electron chi connectivity index (χ4n) is 5.09. The molecule has 0 atom stereocenters. The van der Waals surface area contributed by atoms with Crippen molar-refractivity contribution in [2.75, 3.05) is 44.6 Å². The van der Waals surface area contributed by atoms with Gasteiger partial charge in [0, 0.05) is 62.6 Å². The first-order valence-corrected chi connectivity index (χ1v) is 11.9. The molecule has 0 saturated carbocycles. The van der Waals surface area contributed by atoms with Gasteiger partial charge in [0.05, 0.1) is 5.52 Å². The first-order valence-electron chi connectivity index (χ1n) is 11.9. The average molecular weight is 415 g/mol. The minimum Gasteiger partial charge on any atom is -0.383 e. The van der Waals surface area contributed by atoms with Crippen LogP contribution < -0.4 is 5.32 Å². The van der Waals surface area contributed by atoms with Gasteiger partial charge in [0.1, 0.15) is 0 Å². The third-order valence-corrected chi connectivity index (χ3v) is 6.86. The van der Waals surface area contributed by atoms with Crippen molar-refractivity contribution in [1.82, 2.24) is 14.8 Å². The Labute approximate surface area is 186 Å². The largest absolute Gasteiger partial charge is 0.383 e. The van der Waals surface area contributed by atoms with Crippen LogP contribution in [0.3, 0.4) is 0 Å². The van der Waals surface area contributed by atoms with Crippen molar-refractivity contribution in [3.05, 3.63) is 70.9 Å². The van der Waals surface area contributed by atoms with Crippen molar-refractivity contribution in [3.8, 4) is 0 Å². The number of aromatic nitrogens is 1. The lowest BCUT2D eigenvalue weighted by Gasteiger charge is -2.35. The van der Waals surface area contributed by atoms with E-state index < -0.39 is 0 Å². The Morgan fingerprint density at radius 2 is 1.68 bits per heavy atom.